The molecule has 18 heavy (non-hydrogen) atoms. The van der Waals surface area contributed by atoms with Crippen molar-refractivity contribution < 1.29 is 13.2 Å². The molecule has 1 aromatic heterocycles. The summed E-state index contributed by atoms with van der Waals surface area (Å²) in [6, 6.07) is 4.68. The van der Waals surface area contributed by atoms with Crippen molar-refractivity contribution in [2.75, 3.05) is 19.8 Å². The topological polar surface area (TPSA) is 70.4 Å². The summed E-state index contributed by atoms with van der Waals surface area (Å²) in [4.78, 5) is 1.02. The Kier molecular flexibility index (Phi) is 4.02. The molecule has 1 atom stereocenters. The summed E-state index contributed by atoms with van der Waals surface area (Å²) in [5, 5.41) is 8.99. The second-order valence-corrected chi connectivity index (χ2v) is 7.20. The summed E-state index contributed by atoms with van der Waals surface area (Å²) in [6.07, 6.45) is 0.810. The van der Waals surface area contributed by atoms with Crippen LogP contribution in [0.1, 0.15) is 11.8 Å². The van der Waals surface area contributed by atoms with Crippen LogP contribution in [0.3, 0.4) is 0 Å². The number of hydrogen-bond acceptors (Lipinski definition) is 5. The maximum atomic E-state index is 12.4. The molecular formula is C11H14N2O3S2. The highest BCUT2D eigenvalue weighted by molar-refractivity contribution is 7.91. The molecule has 0 N–H and O–H groups in total. The van der Waals surface area contributed by atoms with Gasteiger partial charge in [0.15, 0.2) is 0 Å². The lowest BCUT2D eigenvalue weighted by Gasteiger charge is -2.29. The van der Waals surface area contributed by atoms with Gasteiger partial charge in [-0.2, -0.15) is 9.57 Å². The molecule has 0 amide bonds. The van der Waals surface area contributed by atoms with Crippen molar-refractivity contribution in [3.63, 3.8) is 0 Å². The molecule has 0 aliphatic carbocycles. The van der Waals surface area contributed by atoms with Crippen molar-refractivity contribution >= 4 is 21.4 Å². The highest BCUT2D eigenvalue weighted by Crippen LogP contribution is 2.27. The van der Waals surface area contributed by atoms with Crippen LogP contribution in [0.4, 0.5) is 0 Å². The zero-order valence-electron chi connectivity index (χ0n) is 10.00. The molecule has 1 fully saturated rings. The molecule has 0 spiro atoms. The van der Waals surface area contributed by atoms with Crippen molar-refractivity contribution in [2.24, 2.45) is 0 Å². The van der Waals surface area contributed by atoms with Crippen molar-refractivity contribution in [1.82, 2.24) is 4.31 Å². The van der Waals surface area contributed by atoms with Crippen LogP contribution in [0.25, 0.3) is 0 Å². The first-order valence-electron chi connectivity index (χ1n) is 5.67. The van der Waals surface area contributed by atoms with Gasteiger partial charge in [-0.1, -0.05) is 6.92 Å². The molecule has 0 radical (unpaired) electrons. The molecule has 1 aliphatic rings. The first-order chi connectivity index (χ1) is 8.59. The summed E-state index contributed by atoms with van der Waals surface area (Å²) in [7, 11) is -3.56. The minimum atomic E-state index is -3.56. The summed E-state index contributed by atoms with van der Waals surface area (Å²) < 4.78 is 31.5. The zero-order chi connectivity index (χ0) is 13.2. The van der Waals surface area contributed by atoms with Crippen molar-refractivity contribution in [2.45, 2.75) is 23.6 Å². The van der Waals surface area contributed by atoms with E-state index >= 15 is 0 Å². The fourth-order valence-corrected chi connectivity index (χ4v) is 4.71. The zero-order valence-corrected chi connectivity index (χ0v) is 11.6. The second kappa shape index (κ2) is 5.36. The van der Waals surface area contributed by atoms with Crippen LogP contribution in [0.2, 0.25) is 0 Å². The number of rotatable bonds is 3. The monoisotopic (exact) mass is 286 g/mol. The van der Waals surface area contributed by atoms with Crippen molar-refractivity contribution in [3.8, 4) is 6.07 Å². The van der Waals surface area contributed by atoms with Gasteiger partial charge in [0.05, 0.1) is 19.3 Å². The normalized spacial score (nSPS) is 21.7. The molecule has 2 rings (SSSR count). The summed E-state index contributed by atoms with van der Waals surface area (Å²) in [5.41, 5.74) is 0. The van der Waals surface area contributed by atoms with E-state index in [0.717, 1.165) is 11.3 Å². The molecule has 0 saturated carbocycles. The Morgan fingerprint density at radius 1 is 1.61 bits per heavy atom. The first kappa shape index (κ1) is 13.5. The van der Waals surface area contributed by atoms with Crippen LogP contribution in [0.5, 0.6) is 0 Å². The largest absolute Gasteiger partial charge is 0.377 e. The Morgan fingerprint density at radius 2 is 2.39 bits per heavy atom. The third kappa shape index (κ3) is 2.42. The smallest absolute Gasteiger partial charge is 0.253 e. The summed E-state index contributed by atoms with van der Waals surface area (Å²) >= 11 is 1.27. The Bertz CT molecular complexity index is 559. The van der Waals surface area contributed by atoms with E-state index in [4.69, 9.17) is 10.00 Å². The lowest BCUT2D eigenvalue weighted by Crippen LogP contribution is -2.47. The standard InChI is InChI=1S/C11H14N2O3S2/c1-2-10-3-4-11(17-10)18(14,15)13-5-6-16-8-9(13)7-12/h3-4,9H,2,5-6,8H2,1H3/t9-/m1/s1. The Morgan fingerprint density at radius 3 is 3.00 bits per heavy atom. The number of nitriles is 1. The molecule has 5 nitrogen and oxygen atoms in total. The van der Waals surface area contributed by atoms with Crippen LogP contribution in [0.15, 0.2) is 16.3 Å². The van der Waals surface area contributed by atoms with E-state index in [1.807, 2.05) is 19.1 Å². The Balaban J connectivity index is 2.32. The number of ether oxygens (including phenoxy) is 1. The fourth-order valence-electron chi connectivity index (χ4n) is 1.78. The molecule has 0 unspecified atom stereocenters. The lowest BCUT2D eigenvalue weighted by atomic mass is 10.3. The van der Waals surface area contributed by atoms with Gasteiger partial charge in [0.25, 0.3) is 10.0 Å². The molecule has 98 valence electrons. The summed E-state index contributed by atoms with van der Waals surface area (Å²) in [5.74, 6) is 0. The van der Waals surface area contributed by atoms with Gasteiger partial charge >= 0.3 is 0 Å². The number of sulfonamides is 1. The molecule has 2 heterocycles. The third-order valence-electron chi connectivity index (χ3n) is 2.78. The van der Waals surface area contributed by atoms with Gasteiger partial charge in [0.2, 0.25) is 0 Å². The number of nitrogens with zero attached hydrogens (tertiary/aromatic N) is 2. The van der Waals surface area contributed by atoms with Gasteiger partial charge in [-0.3, -0.25) is 0 Å². The molecule has 0 bridgehead atoms. The van der Waals surface area contributed by atoms with E-state index in [2.05, 4.69) is 0 Å². The fraction of sp³-hybridized carbons (Fsp3) is 0.545. The van der Waals surface area contributed by atoms with Gasteiger partial charge in [-0.25, -0.2) is 8.42 Å². The molecule has 1 aliphatic heterocycles. The van der Waals surface area contributed by atoms with Crippen molar-refractivity contribution in [3.05, 3.63) is 17.0 Å². The predicted molar refractivity (Wildman–Crippen MR) is 67.8 cm³/mol. The van der Waals surface area contributed by atoms with Crippen molar-refractivity contribution in [1.29, 1.82) is 5.26 Å². The maximum absolute atomic E-state index is 12.4. The van der Waals surface area contributed by atoms with E-state index in [1.54, 1.807) is 6.07 Å². The number of thiophene rings is 1. The minimum absolute atomic E-state index is 0.141. The average molecular weight is 286 g/mol. The maximum Gasteiger partial charge on any atom is 0.253 e. The van der Waals surface area contributed by atoms with Crippen LogP contribution in [0, 0.1) is 11.3 Å². The highest BCUT2D eigenvalue weighted by atomic mass is 32.2. The third-order valence-corrected chi connectivity index (χ3v) is 6.38. The SMILES string of the molecule is CCc1ccc(S(=O)(=O)N2CCOC[C@H]2C#N)s1. The van der Waals surface area contributed by atoms with Gasteiger partial charge in [0.1, 0.15) is 10.3 Å². The van der Waals surface area contributed by atoms with E-state index in [-0.39, 0.29) is 13.2 Å². The van der Waals surface area contributed by atoms with Gasteiger partial charge in [-0.15, -0.1) is 11.3 Å². The average Bonchev–Trinajstić information content (AvgIpc) is 2.88. The Labute approximate surface area is 111 Å². The van der Waals surface area contributed by atoms with Gasteiger partial charge in [0, 0.05) is 11.4 Å². The van der Waals surface area contributed by atoms with Crippen LogP contribution >= 0.6 is 11.3 Å². The molecule has 1 saturated heterocycles. The summed E-state index contributed by atoms with van der Waals surface area (Å²) in [6.45, 7) is 2.69. The minimum Gasteiger partial charge on any atom is -0.377 e. The molecular weight excluding hydrogens is 272 g/mol. The van der Waals surface area contributed by atoms with E-state index in [1.165, 1.54) is 15.6 Å². The number of hydrogen-bond donors (Lipinski definition) is 0. The molecule has 1 aromatic rings. The van der Waals surface area contributed by atoms with Crippen LogP contribution in [-0.2, 0) is 21.2 Å². The Hall–Kier alpha value is -0.940. The highest BCUT2D eigenvalue weighted by Gasteiger charge is 2.34. The van der Waals surface area contributed by atoms with E-state index in [9.17, 15) is 8.42 Å². The van der Waals surface area contributed by atoms with Gasteiger partial charge < -0.3 is 4.74 Å². The van der Waals surface area contributed by atoms with E-state index in [0.29, 0.717) is 10.8 Å². The second-order valence-electron chi connectivity index (χ2n) is 3.91. The number of morpholine rings is 1. The van der Waals surface area contributed by atoms with Crippen LogP contribution in [-0.4, -0.2) is 38.5 Å². The van der Waals surface area contributed by atoms with E-state index < -0.39 is 16.1 Å². The lowest BCUT2D eigenvalue weighted by molar-refractivity contribution is 0.0512. The first-order valence-corrected chi connectivity index (χ1v) is 7.93. The van der Waals surface area contributed by atoms with Gasteiger partial charge in [-0.05, 0) is 18.6 Å². The molecule has 0 aromatic carbocycles. The van der Waals surface area contributed by atoms with Crippen LogP contribution < -0.4 is 0 Å². The number of aryl methyl sites for hydroxylation is 1. The quantitative estimate of drug-likeness (QED) is 0.837. The predicted octanol–water partition coefficient (Wildman–Crippen LogP) is 1.22. The molecule has 7 heteroatoms.